The van der Waals surface area contributed by atoms with E-state index in [1.807, 2.05) is 11.8 Å². The molecule has 1 heterocycles. The topological polar surface area (TPSA) is 24.4 Å². The normalized spacial score (nSPS) is 19.1. The molecule has 1 aliphatic heterocycles. The molecule has 2 aromatic rings. The smallest absolute Gasteiger partial charge is 0.157 e. The lowest BCUT2D eigenvalue weighted by Crippen LogP contribution is -2.22. The van der Waals surface area contributed by atoms with E-state index >= 15 is 0 Å². The van der Waals surface area contributed by atoms with Crippen molar-refractivity contribution in [3.05, 3.63) is 70.2 Å². The van der Waals surface area contributed by atoms with Gasteiger partial charge >= 0.3 is 0 Å². The highest BCUT2D eigenvalue weighted by molar-refractivity contribution is 9.10. The second-order valence-corrected chi connectivity index (χ2v) is 7.19. The van der Waals surface area contributed by atoms with Crippen LogP contribution in [0.25, 0.3) is 0 Å². The van der Waals surface area contributed by atoms with E-state index in [2.05, 4.69) is 87.8 Å². The predicted molar refractivity (Wildman–Crippen MR) is 94.8 cm³/mol. The van der Waals surface area contributed by atoms with Gasteiger partial charge in [0.05, 0.1) is 17.8 Å². The zero-order chi connectivity index (χ0) is 14.7. The monoisotopic (exact) mass is 360 g/mol. The van der Waals surface area contributed by atoms with Crippen molar-refractivity contribution in [2.45, 2.75) is 18.2 Å². The molecule has 2 unspecified atom stereocenters. The lowest BCUT2D eigenvalue weighted by atomic mass is 10.1. The molecular weight excluding hydrogens is 344 g/mol. The number of thioether (sulfide) groups is 1. The van der Waals surface area contributed by atoms with Crippen molar-refractivity contribution in [1.82, 2.24) is 5.32 Å². The zero-order valence-electron chi connectivity index (χ0n) is 11.8. The van der Waals surface area contributed by atoms with Gasteiger partial charge in [-0.25, -0.2) is 0 Å². The molecule has 3 rings (SSSR count). The fraction of sp³-hybridized carbons (Fsp3) is 0.235. The summed E-state index contributed by atoms with van der Waals surface area (Å²) in [5, 5.41) is 4.99. The minimum Gasteiger partial charge on any atom is -0.358 e. The van der Waals surface area contributed by atoms with E-state index in [9.17, 15) is 0 Å². The maximum atomic E-state index is 4.64. The van der Waals surface area contributed by atoms with E-state index in [4.69, 9.17) is 0 Å². The fourth-order valence-electron chi connectivity index (χ4n) is 2.32. The Bertz CT molecular complexity index is 625. The summed E-state index contributed by atoms with van der Waals surface area (Å²) in [4.78, 5) is 4.64. The van der Waals surface area contributed by atoms with Gasteiger partial charge < -0.3 is 5.32 Å². The van der Waals surface area contributed by atoms with Gasteiger partial charge in [0.15, 0.2) is 5.17 Å². The summed E-state index contributed by atoms with van der Waals surface area (Å²) in [5.41, 5.74) is 2.61. The Morgan fingerprint density at radius 2 is 1.86 bits per heavy atom. The van der Waals surface area contributed by atoms with Crippen LogP contribution in [0.3, 0.4) is 0 Å². The van der Waals surface area contributed by atoms with Crippen molar-refractivity contribution < 1.29 is 0 Å². The van der Waals surface area contributed by atoms with E-state index in [1.165, 1.54) is 11.1 Å². The summed E-state index contributed by atoms with van der Waals surface area (Å²) < 4.78 is 1.11. The molecule has 1 aliphatic rings. The maximum absolute atomic E-state index is 4.64. The van der Waals surface area contributed by atoms with Gasteiger partial charge in [0, 0.05) is 4.47 Å². The van der Waals surface area contributed by atoms with E-state index in [0.717, 1.165) is 16.2 Å². The number of rotatable bonds is 3. The molecule has 0 aromatic heterocycles. The molecule has 0 saturated carbocycles. The number of amidine groups is 1. The Balaban J connectivity index is 1.60. The molecule has 2 atom stereocenters. The average Bonchev–Trinajstić information content (AvgIpc) is 2.97. The Labute approximate surface area is 138 Å². The lowest BCUT2D eigenvalue weighted by Gasteiger charge is -2.16. The second kappa shape index (κ2) is 6.67. The van der Waals surface area contributed by atoms with E-state index in [-0.39, 0.29) is 6.04 Å². The Morgan fingerprint density at radius 1 is 1.14 bits per heavy atom. The first-order valence-electron chi connectivity index (χ1n) is 7.00. The van der Waals surface area contributed by atoms with Gasteiger partial charge in [0.1, 0.15) is 0 Å². The highest BCUT2D eigenvalue weighted by Gasteiger charge is 2.22. The molecule has 4 heteroatoms. The van der Waals surface area contributed by atoms with Crippen LogP contribution in [0, 0.1) is 0 Å². The second-order valence-electron chi connectivity index (χ2n) is 5.08. The highest BCUT2D eigenvalue weighted by atomic mass is 79.9. The number of halogens is 1. The first-order valence-corrected chi connectivity index (χ1v) is 8.67. The van der Waals surface area contributed by atoms with Crippen molar-refractivity contribution in [1.29, 1.82) is 0 Å². The third-order valence-electron chi connectivity index (χ3n) is 3.54. The molecule has 21 heavy (non-hydrogen) atoms. The average molecular weight is 361 g/mol. The van der Waals surface area contributed by atoms with Crippen LogP contribution < -0.4 is 5.32 Å². The number of aliphatic imine (C=N–C) groups is 1. The van der Waals surface area contributed by atoms with Crippen molar-refractivity contribution in [3.63, 3.8) is 0 Å². The van der Waals surface area contributed by atoms with Gasteiger partial charge in [-0.2, -0.15) is 0 Å². The summed E-state index contributed by atoms with van der Waals surface area (Å²) in [6.07, 6.45) is 0. The molecule has 0 aliphatic carbocycles. The van der Waals surface area contributed by atoms with Crippen LogP contribution in [0.1, 0.15) is 29.3 Å². The van der Waals surface area contributed by atoms with Gasteiger partial charge in [0.2, 0.25) is 0 Å². The molecule has 0 saturated heterocycles. The lowest BCUT2D eigenvalue weighted by molar-refractivity contribution is 0.722. The van der Waals surface area contributed by atoms with Crippen LogP contribution in [0.15, 0.2) is 64.1 Å². The van der Waals surface area contributed by atoms with Crippen LogP contribution in [-0.4, -0.2) is 11.7 Å². The number of hydrogen-bond acceptors (Lipinski definition) is 3. The summed E-state index contributed by atoms with van der Waals surface area (Å²) in [6, 6.07) is 19.3. The van der Waals surface area contributed by atoms with Crippen molar-refractivity contribution >= 4 is 32.9 Å². The summed E-state index contributed by atoms with van der Waals surface area (Å²) in [7, 11) is 0. The third-order valence-corrected chi connectivity index (χ3v) is 5.24. The molecule has 108 valence electrons. The quantitative estimate of drug-likeness (QED) is 0.837. The maximum Gasteiger partial charge on any atom is 0.157 e. The van der Waals surface area contributed by atoms with Crippen molar-refractivity contribution in [2.75, 3.05) is 6.54 Å². The molecule has 0 bridgehead atoms. The van der Waals surface area contributed by atoms with Crippen molar-refractivity contribution in [3.8, 4) is 0 Å². The molecule has 0 amide bonds. The van der Waals surface area contributed by atoms with Gasteiger partial charge in [-0.1, -0.05) is 70.2 Å². The SMILES string of the molecule is CC(NC1=NCC(c2ccccc2)S1)c1ccc(Br)cc1. The predicted octanol–water partition coefficient (Wildman–Crippen LogP) is 4.94. The molecule has 0 radical (unpaired) electrons. The van der Waals surface area contributed by atoms with Crippen LogP contribution in [-0.2, 0) is 0 Å². The van der Waals surface area contributed by atoms with Gasteiger partial charge in [-0.05, 0) is 30.2 Å². The van der Waals surface area contributed by atoms with E-state index < -0.39 is 0 Å². The van der Waals surface area contributed by atoms with E-state index in [0.29, 0.717) is 5.25 Å². The molecule has 2 aromatic carbocycles. The van der Waals surface area contributed by atoms with Gasteiger partial charge in [-0.3, -0.25) is 4.99 Å². The molecule has 0 fully saturated rings. The summed E-state index contributed by atoms with van der Waals surface area (Å²) in [6.45, 7) is 3.02. The minimum absolute atomic E-state index is 0.263. The summed E-state index contributed by atoms with van der Waals surface area (Å²) in [5.74, 6) is 0. The standard InChI is InChI=1S/C17H17BrN2S/c1-12(13-7-9-15(18)10-8-13)20-17-19-11-16(21-17)14-5-3-2-4-6-14/h2-10,12,16H,11H2,1H3,(H,19,20). The number of hydrogen-bond donors (Lipinski definition) is 1. The largest absolute Gasteiger partial charge is 0.358 e. The summed E-state index contributed by atoms with van der Waals surface area (Å²) >= 11 is 5.29. The fourth-order valence-corrected chi connectivity index (χ4v) is 3.69. The number of nitrogens with one attached hydrogen (secondary N) is 1. The molecule has 1 N–H and O–H groups in total. The van der Waals surface area contributed by atoms with Crippen LogP contribution in [0.5, 0.6) is 0 Å². The Kier molecular flexibility index (Phi) is 4.66. The number of nitrogens with zero attached hydrogens (tertiary/aromatic N) is 1. The molecular formula is C17H17BrN2S. The first-order chi connectivity index (χ1) is 10.2. The first kappa shape index (κ1) is 14.7. The van der Waals surface area contributed by atoms with Crippen LogP contribution >= 0.6 is 27.7 Å². The Morgan fingerprint density at radius 3 is 2.57 bits per heavy atom. The van der Waals surface area contributed by atoms with Gasteiger partial charge in [-0.15, -0.1) is 0 Å². The van der Waals surface area contributed by atoms with E-state index in [1.54, 1.807) is 0 Å². The van der Waals surface area contributed by atoms with Crippen molar-refractivity contribution in [2.24, 2.45) is 4.99 Å². The zero-order valence-corrected chi connectivity index (χ0v) is 14.2. The third kappa shape index (κ3) is 3.69. The molecule has 0 spiro atoms. The van der Waals surface area contributed by atoms with Crippen LogP contribution in [0.2, 0.25) is 0 Å². The Hall–Kier alpha value is -1.26. The highest BCUT2D eigenvalue weighted by Crippen LogP contribution is 2.35. The van der Waals surface area contributed by atoms with Gasteiger partial charge in [0.25, 0.3) is 0 Å². The molecule has 2 nitrogen and oxygen atoms in total. The van der Waals surface area contributed by atoms with Crippen LogP contribution in [0.4, 0.5) is 0 Å². The number of benzene rings is 2. The minimum atomic E-state index is 0.263.